The van der Waals surface area contributed by atoms with E-state index in [2.05, 4.69) is 22.4 Å². The summed E-state index contributed by atoms with van der Waals surface area (Å²) in [6.07, 6.45) is 2.64. The first-order valence-corrected chi connectivity index (χ1v) is 11.0. The Hall–Kier alpha value is -3.84. The predicted molar refractivity (Wildman–Crippen MR) is 127 cm³/mol. The van der Waals surface area contributed by atoms with Gasteiger partial charge in [0.05, 0.1) is 12.6 Å². The highest BCUT2D eigenvalue weighted by Crippen LogP contribution is 2.27. The van der Waals surface area contributed by atoms with Crippen molar-refractivity contribution in [2.45, 2.75) is 19.0 Å². The van der Waals surface area contributed by atoms with E-state index in [0.29, 0.717) is 24.5 Å². The van der Waals surface area contributed by atoms with Crippen molar-refractivity contribution in [3.8, 4) is 5.75 Å². The lowest BCUT2D eigenvalue weighted by Crippen LogP contribution is -2.50. The average Bonchev–Trinajstić information content (AvgIpc) is 3.49. The third kappa shape index (κ3) is 4.27. The molecule has 4 aromatic rings. The van der Waals surface area contributed by atoms with Gasteiger partial charge in [0.15, 0.2) is 0 Å². The van der Waals surface area contributed by atoms with E-state index in [1.807, 2.05) is 48.7 Å². The molecule has 1 amide bonds. The van der Waals surface area contributed by atoms with Gasteiger partial charge in [-0.3, -0.25) is 14.2 Å². The lowest BCUT2D eigenvalue weighted by atomic mass is 10.0. The quantitative estimate of drug-likeness (QED) is 0.438. The number of hydrogen-bond donors (Lipinski definition) is 2. The number of fused-ring (bicyclic) bond motifs is 3. The standard InChI is InChI=1S/C26H26N4O3/c1-33-22-9-10-23-19(13-22)14-24-26(32)29(17-25(31)30(23)24)16-21(12-18-6-3-2-4-7-18)28-15-20-8-5-11-27-20/h2-11,13-14,21,27-28H,12,15-17H2,1H3/t21-/m0/s1. The minimum atomic E-state index is -0.135. The zero-order chi connectivity index (χ0) is 22.8. The molecule has 0 aliphatic carbocycles. The fraction of sp³-hybridized carbons (Fsp3) is 0.231. The van der Waals surface area contributed by atoms with E-state index in [9.17, 15) is 9.59 Å². The lowest BCUT2D eigenvalue weighted by molar-refractivity contribution is 0.0608. The van der Waals surface area contributed by atoms with Crippen molar-refractivity contribution in [1.82, 2.24) is 19.8 Å². The molecule has 7 heteroatoms. The molecule has 0 unspecified atom stereocenters. The Morgan fingerprint density at radius 3 is 2.67 bits per heavy atom. The van der Waals surface area contributed by atoms with Crippen molar-refractivity contribution in [1.29, 1.82) is 0 Å². The Bertz CT molecular complexity index is 1280. The van der Waals surface area contributed by atoms with Gasteiger partial charge in [0.2, 0.25) is 0 Å². The molecule has 0 bridgehead atoms. The van der Waals surface area contributed by atoms with Crippen molar-refractivity contribution < 1.29 is 14.3 Å². The smallest absolute Gasteiger partial charge is 0.271 e. The Kier molecular flexibility index (Phi) is 5.71. The van der Waals surface area contributed by atoms with Gasteiger partial charge in [0.25, 0.3) is 11.8 Å². The number of nitrogens with one attached hydrogen (secondary N) is 2. The number of nitrogens with zero attached hydrogens (tertiary/aromatic N) is 2. The molecule has 33 heavy (non-hydrogen) atoms. The number of hydrogen-bond acceptors (Lipinski definition) is 4. The van der Waals surface area contributed by atoms with E-state index in [1.165, 1.54) is 10.1 Å². The molecule has 1 atom stereocenters. The molecule has 3 heterocycles. The van der Waals surface area contributed by atoms with Gasteiger partial charge in [-0.15, -0.1) is 0 Å². The van der Waals surface area contributed by atoms with E-state index < -0.39 is 0 Å². The monoisotopic (exact) mass is 442 g/mol. The Balaban J connectivity index is 1.39. The highest BCUT2D eigenvalue weighted by Gasteiger charge is 2.33. The van der Waals surface area contributed by atoms with Crippen molar-refractivity contribution in [3.63, 3.8) is 0 Å². The van der Waals surface area contributed by atoms with Crippen LogP contribution in [-0.4, -0.2) is 52.5 Å². The summed E-state index contributed by atoms with van der Waals surface area (Å²) in [4.78, 5) is 31.3. The highest BCUT2D eigenvalue weighted by atomic mass is 16.5. The first-order chi connectivity index (χ1) is 16.1. The summed E-state index contributed by atoms with van der Waals surface area (Å²) in [5.41, 5.74) is 3.38. The van der Waals surface area contributed by atoms with E-state index in [4.69, 9.17) is 4.74 Å². The molecule has 0 radical (unpaired) electrons. The van der Waals surface area contributed by atoms with E-state index in [1.54, 1.807) is 24.1 Å². The SMILES string of the molecule is COc1ccc2c(c1)cc1n2C(=O)CN(C[C@H](Cc2ccccc2)NCc2ccc[nH]2)C1=O. The molecular weight excluding hydrogens is 416 g/mol. The third-order valence-electron chi connectivity index (χ3n) is 6.10. The zero-order valence-corrected chi connectivity index (χ0v) is 18.5. The molecule has 0 saturated heterocycles. The van der Waals surface area contributed by atoms with Crippen LogP contribution in [-0.2, 0) is 13.0 Å². The summed E-state index contributed by atoms with van der Waals surface area (Å²) in [5.74, 6) is 0.454. The second-order valence-corrected chi connectivity index (χ2v) is 8.33. The second kappa shape index (κ2) is 8.96. The third-order valence-corrected chi connectivity index (χ3v) is 6.10. The van der Waals surface area contributed by atoms with Crippen LogP contribution in [0.5, 0.6) is 5.75 Å². The second-order valence-electron chi connectivity index (χ2n) is 8.33. The molecule has 0 spiro atoms. The first-order valence-electron chi connectivity index (χ1n) is 11.0. The van der Waals surface area contributed by atoms with Gasteiger partial charge >= 0.3 is 0 Å². The van der Waals surface area contributed by atoms with Crippen LogP contribution in [0.25, 0.3) is 10.9 Å². The number of carbonyl (C=O) groups excluding carboxylic acids is 2. The van der Waals surface area contributed by atoms with Crippen LogP contribution in [0, 0.1) is 0 Å². The van der Waals surface area contributed by atoms with Crippen LogP contribution in [0.1, 0.15) is 26.5 Å². The molecule has 0 saturated carbocycles. The Morgan fingerprint density at radius 2 is 1.91 bits per heavy atom. The van der Waals surface area contributed by atoms with Gasteiger partial charge in [0, 0.05) is 36.4 Å². The molecular formula is C26H26N4O3. The van der Waals surface area contributed by atoms with Crippen molar-refractivity contribution in [2.75, 3.05) is 20.2 Å². The largest absolute Gasteiger partial charge is 0.497 e. The normalized spacial score (nSPS) is 14.5. The van der Waals surface area contributed by atoms with Gasteiger partial charge in [-0.1, -0.05) is 30.3 Å². The number of aromatic nitrogens is 2. The summed E-state index contributed by atoms with van der Waals surface area (Å²) in [6.45, 7) is 1.14. The van der Waals surface area contributed by atoms with Gasteiger partial charge in [-0.2, -0.15) is 0 Å². The van der Waals surface area contributed by atoms with Crippen molar-refractivity contribution in [3.05, 3.63) is 89.9 Å². The molecule has 2 aromatic carbocycles. The summed E-state index contributed by atoms with van der Waals surface area (Å²) < 4.78 is 6.83. The Morgan fingerprint density at radius 1 is 1.06 bits per heavy atom. The van der Waals surface area contributed by atoms with Gasteiger partial charge in [-0.05, 0) is 48.4 Å². The fourth-order valence-electron chi connectivity index (χ4n) is 4.46. The van der Waals surface area contributed by atoms with E-state index >= 15 is 0 Å². The first kappa shape index (κ1) is 21.0. The Labute approximate surface area is 192 Å². The predicted octanol–water partition coefficient (Wildman–Crippen LogP) is 3.48. The number of benzene rings is 2. The minimum absolute atomic E-state index is 0.0107. The molecule has 0 fully saturated rings. The number of ether oxygens (including phenoxy) is 1. The van der Waals surface area contributed by atoms with Crippen LogP contribution >= 0.6 is 0 Å². The summed E-state index contributed by atoms with van der Waals surface area (Å²) in [6, 6.07) is 21.4. The molecule has 2 aromatic heterocycles. The lowest BCUT2D eigenvalue weighted by Gasteiger charge is -2.31. The minimum Gasteiger partial charge on any atom is -0.497 e. The van der Waals surface area contributed by atoms with E-state index in [0.717, 1.165) is 23.0 Å². The number of aromatic amines is 1. The maximum atomic E-state index is 13.4. The molecule has 1 aliphatic rings. The topological polar surface area (TPSA) is 79.4 Å². The number of H-pyrrole nitrogens is 1. The van der Waals surface area contributed by atoms with Crippen LogP contribution in [0.3, 0.4) is 0 Å². The molecule has 7 nitrogen and oxygen atoms in total. The van der Waals surface area contributed by atoms with Crippen molar-refractivity contribution >= 4 is 22.7 Å². The number of amides is 1. The zero-order valence-electron chi connectivity index (χ0n) is 18.5. The van der Waals surface area contributed by atoms with Gasteiger partial charge in [-0.25, -0.2) is 0 Å². The average molecular weight is 443 g/mol. The van der Waals surface area contributed by atoms with Crippen LogP contribution in [0.15, 0.2) is 72.9 Å². The van der Waals surface area contributed by atoms with Crippen molar-refractivity contribution in [2.24, 2.45) is 0 Å². The number of carbonyl (C=O) groups is 2. The van der Waals surface area contributed by atoms with Gasteiger partial charge in [0.1, 0.15) is 18.0 Å². The summed E-state index contributed by atoms with van der Waals surface area (Å²) >= 11 is 0. The summed E-state index contributed by atoms with van der Waals surface area (Å²) in [7, 11) is 1.60. The number of rotatable bonds is 8. The van der Waals surface area contributed by atoms with Crippen LogP contribution in [0.4, 0.5) is 0 Å². The molecule has 2 N–H and O–H groups in total. The number of methoxy groups -OCH3 is 1. The fourth-order valence-corrected chi connectivity index (χ4v) is 4.46. The maximum absolute atomic E-state index is 13.4. The molecule has 1 aliphatic heterocycles. The summed E-state index contributed by atoms with van der Waals surface area (Å²) in [5, 5.41) is 4.38. The van der Waals surface area contributed by atoms with E-state index in [-0.39, 0.29) is 24.4 Å². The van der Waals surface area contributed by atoms with Crippen LogP contribution in [0.2, 0.25) is 0 Å². The molecule has 5 rings (SSSR count). The molecule has 168 valence electrons. The van der Waals surface area contributed by atoms with Gasteiger partial charge < -0.3 is 19.9 Å². The highest BCUT2D eigenvalue weighted by molar-refractivity contribution is 6.09. The maximum Gasteiger partial charge on any atom is 0.271 e. The van der Waals surface area contributed by atoms with Crippen LogP contribution < -0.4 is 10.1 Å².